The molecule has 0 atom stereocenters. The Balaban J connectivity index is 2.28. The highest BCUT2D eigenvalue weighted by molar-refractivity contribution is 5.81. The highest BCUT2D eigenvalue weighted by Gasteiger charge is 1.98. The minimum Gasteiger partial charge on any atom is -0.498 e. The van der Waals surface area contributed by atoms with Gasteiger partial charge in [0.05, 0.1) is 12.9 Å². The third-order valence-corrected chi connectivity index (χ3v) is 2.31. The summed E-state index contributed by atoms with van der Waals surface area (Å²) in [6.45, 7) is 8.07. The van der Waals surface area contributed by atoms with Crippen LogP contribution in [0.5, 0.6) is 5.75 Å². The fourth-order valence-corrected chi connectivity index (χ4v) is 1.37. The van der Waals surface area contributed by atoms with E-state index in [2.05, 4.69) is 13.2 Å². The van der Waals surface area contributed by atoms with Crippen LogP contribution in [0.4, 0.5) is 0 Å². The predicted octanol–water partition coefficient (Wildman–Crippen LogP) is 2.50. The molecule has 0 aliphatic heterocycles. The van der Waals surface area contributed by atoms with Gasteiger partial charge in [0.25, 0.3) is 0 Å². The lowest BCUT2D eigenvalue weighted by atomic mass is 10.1. The van der Waals surface area contributed by atoms with Crippen molar-refractivity contribution in [2.75, 3.05) is 19.8 Å². The Bertz CT molecular complexity index is 409. The van der Waals surface area contributed by atoms with E-state index in [0.29, 0.717) is 26.2 Å². The van der Waals surface area contributed by atoms with E-state index < -0.39 is 5.97 Å². The molecule has 4 heteroatoms. The molecule has 0 saturated carbocycles. The van der Waals surface area contributed by atoms with Gasteiger partial charge >= 0.3 is 5.97 Å². The molecule has 0 heterocycles. The van der Waals surface area contributed by atoms with E-state index in [1.807, 2.05) is 24.3 Å². The summed E-state index contributed by atoms with van der Waals surface area (Å²) in [5, 5.41) is 0. The topological polar surface area (TPSA) is 44.8 Å². The van der Waals surface area contributed by atoms with Gasteiger partial charge in [-0.3, -0.25) is 0 Å². The van der Waals surface area contributed by atoms with Crippen molar-refractivity contribution in [3.05, 3.63) is 55.3 Å². The molecule has 0 N–H and O–H groups in total. The van der Waals surface area contributed by atoms with E-state index in [-0.39, 0.29) is 0 Å². The number of carbonyl (C=O) groups excluding carboxylic acids is 1. The highest BCUT2D eigenvalue weighted by Crippen LogP contribution is 2.12. The van der Waals surface area contributed by atoms with Crippen LogP contribution < -0.4 is 4.74 Å². The Morgan fingerprint density at radius 2 is 1.84 bits per heavy atom. The van der Waals surface area contributed by atoms with Gasteiger partial charge in [0.15, 0.2) is 0 Å². The number of ether oxygens (including phenoxy) is 3. The van der Waals surface area contributed by atoms with Crippen LogP contribution in [-0.4, -0.2) is 25.8 Å². The van der Waals surface area contributed by atoms with Gasteiger partial charge in [0.2, 0.25) is 0 Å². The maximum Gasteiger partial charge on any atom is 0.330 e. The van der Waals surface area contributed by atoms with Gasteiger partial charge in [-0.2, -0.15) is 0 Å². The quantitative estimate of drug-likeness (QED) is 0.297. The lowest BCUT2D eigenvalue weighted by Gasteiger charge is -2.07. The zero-order valence-electron chi connectivity index (χ0n) is 10.8. The second-order valence-electron chi connectivity index (χ2n) is 3.65. The molecule has 0 radical (unpaired) electrons. The van der Waals surface area contributed by atoms with E-state index in [0.717, 1.165) is 17.4 Å². The van der Waals surface area contributed by atoms with Crippen LogP contribution in [0, 0.1) is 0 Å². The molecule has 0 aromatic heterocycles. The summed E-state index contributed by atoms with van der Waals surface area (Å²) in [6.07, 6.45) is 3.21. The first-order valence-corrected chi connectivity index (χ1v) is 5.99. The molecule has 0 fully saturated rings. The molecule has 0 bridgehead atoms. The van der Waals surface area contributed by atoms with E-state index in [1.54, 1.807) is 0 Å². The summed E-state index contributed by atoms with van der Waals surface area (Å²) < 4.78 is 15.3. The zero-order chi connectivity index (χ0) is 13.9. The largest absolute Gasteiger partial charge is 0.498 e. The fourth-order valence-electron chi connectivity index (χ4n) is 1.37. The second-order valence-corrected chi connectivity index (χ2v) is 3.65. The number of hydrogen-bond donors (Lipinski definition) is 0. The van der Waals surface area contributed by atoms with Gasteiger partial charge in [-0.1, -0.05) is 25.3 Å². The van der Waals surface area contributed by atoms with Gasteiger partial charge in [0.1, 0.15) is 19.0 Å². The van der Waals surface area contributed by atoms with Crippen molar-refractivity contribution in [3.8, 4) is 5.75 Å². The first kappa shape index (κ1) is 14.8. The van der Waals surface area contributed by atoms with Crippen molar-refractivity contribution in [1.29, 1.82) is 0 Å². The first-order valence-electron chi connectivity index (χ1n) is 5.99. The van der Waals surface area contributed by atoms with Gasteiger partial charge in [-0.15, -0.1) is 0 Å². The van der Waals surface area contributed by atoms with Gasteiger partial charge in [0, 0.05) is 12.5 Å². The first-order chi connectivity index (χ1) is 9.26. The molecule has 19 heavy (non-hydrogen) atoms. The summed E-state index contributed by atoms with van der Waals surface area (Å²) in [6, 6.07) is 7.62. The second kappa shape index (κ2) is 8.80. The Kier molecular flexibility index (Phi) is 6.87. The average molecular weight is 262 g/mol. The van der Waals surface area contributed by atoms with E-state index >= 15 is 0 Å². The molecule has 0 saturated heterocycles. The maximum absolute atomic E-state index is 10.8. The van der Waals surface area contributed by atoms with Crippen molar-refractivity contribution in [3.63, 3.8) is 0 Å². The lowest BCUT2D eigenvalue weighted by Crippen LogP contribution is -2.05. The van der Waals surface area contributed by atoms with Crippen LogP contribution in [0.25, 0.3) is 0 Å². The van der Waals surface area contributed by atoms with Crippen molar-refractivity contribution in [1.82, 2.24) is 0 Å². The molecule has 102 valence electrons. The monoisotopic (exact) mass is 262 g/mol. The molecule has 0 unspecified atom stereocenters. The van der Waals surface area contributed by atoms with Crippen LogP contribution >= 0.6 is 0 Å². The normalized spacial score (nSPS) is 9.47. The fraction of sp³-hybridized carbons (Fsp3) is 0.267. The minimum absolute atomic E-state index is 0.345. The number of hydrogen-bond acceptors (Lipinski definition) is 4. The lowest BCUT2D eigenvalue weighted by molar-refractivity contribution is -0.137. The third kappa shape index (κ3) is 6.31. The summed E-state index contributed by atoms with van der Waals surface area (Å²) in [7, 11) is 0. The third-order valence-electron chi connectivity index (χ3n) is 2.31. The zero-order valence-corrected chi connectivity index (χ0v) is 10.8. The molecule has 0 spiro atoms. The van der Waals surface area contributed by atoms with Gasteiger partial charge in [-0.25, -0.2) is 4.79 Å². The minimum atomic E-state index is -0.401. The molecule has 1 aromatic rings. The Morgan fingerprint density at radius 3 is 2.47 bits per heavy atom. The maximum atomic E-state index is 10.8. The van der Waals surface area contributed by atoms with Gasteiger partial charge in [-0.05, 0) is 17.7 Å². The molecule has 1 aromatic carbocycles. The molecule has 0 aliphatic rings. The Hall–Kier alpha value is -2.23. The van der Waals surface area contributed by atoms with Crippen LogP contribution in [0.1, 0.15) is 5.56 Å². The number of carbonyl (C=O) groups is 1. The molecule has 0 aliphatic carbocycles. The van der Waals surface area contributed by atoms with Crippen LogP contribution in [0.2, 0.25) is 0 Å². The van der Waals surface area contributed by atoms with Crippen molar-refractivity contribution in [2.45, 2.75) is 6.42 Å². The highest BCUT2D eigenvalue weighted by atomic mass is 16.5. The average Bonchev–Trinajstić information content (AvgIpc) is 2.45. The predicted molar refractivity (Wildman–Crippen MR) is 72.9 cm³/mol. The molecule has 4 nitrogen and oxygen atoms in total. The van der Waals surface area contributed by atoms with Crippen LogP contribution in [-0.2, 0) is 20.7 Å². The van der Waals surface area contributed by atoms with Crippen LogP contribution in [0.3, 0.4) is 0 Å². The van der Waals surface area contributed by atoms with Crippen molar-refractivity contribution in [2.24, 2.45) is 0 Å². The summed E-state index contributed by atoms with van der Waals surface area (Å²) >= 11 is 0. The summed E-state index contributed by atoms with van der Waals surface area (Å²) in [5.74, 6) is 0.377. The molecular weight excluding hydrogens is 244 g/mol. The smallest absolute Gasteiger partial charge is 0.330 e. The number of esters is 1. The number of rotatable bonds is 9. The summed E-state index contributed by atoms with van der Waals surface area (Å²) in [5.41, 5.74) is 1.08. The van der Waals surface area contributed by atoms with E-state index in [4.69, 9.17) is 14.2 Å². The van der Waals surface area contributed by atoms with Gasteiger partial charge < -0.3 is 14.2 Å². The Labute approximate surface area is 113 Å². The van der Waals surface area contributed by atoms with E-state index in [9.17, 15) is 4.79 Å². The SMILES string of the molecule is C=COCCOc1ccc(CCOC(=O)C=C)cc1. The summed E-state index contributed by atoms with van der Waals surface area (Å²) in [4.78, 5) is 10.8. The molecule has 0 amide bonds. The Morgan fingerprint density at radius 1 is 1.11 bits per heavy atom. The molecule has 1 rings (SSSR count). The van der Waals surface area contributed by atoms with Crippen molar-refractivity contribution >= 4 is 5.97 Å². The van der Waals surface area contributed by atoms with Crippen LogP contribution in [0.15, 0.2) is 49.8 Å². The van der Waals surface area contributed by atoms with E-state index in [1.165, 1.54) is 6.26 Å². The number of benzene rings is 1. The van der Waals surface area contributed by atoms with Crippen molar-refractivity contribution < 1.29 is 19.0 Å². The standard InChI is InChI=1S/C15H18O4/c1-3-15(16)19-10-9-13-5-7-14(8-6-13)18-12-11-17-4-2/h3-8H,1-2,9-12H2. The molecular formula is C15H18O4.